The Labute approximate surface area is 353 Å². The van der Waals surface area contributed by atoms with E-state index in [0.717, 1.165) is 0 Å². The molecular weight excluding hydrogens is 617 g/mol. The van der Waals surface area contributed by atoms with Crippen molar-refractivity contribution in [3.63, 3.8) is 0 Å². The first-order valence-electron chi connectivity index (χ1n) is 33.6. The number of fused-ring (bicyclic) bond motifs is 3. The van der Waals surface area contributed by atoms with E-state index in [9.17, 15) is 28.8 Å². The fourth-order valence-electron chi connectivity index (χ4n) is 5.42. The van der Waals surface area contributed by atoms with E-state index in [1.165, 1.54) is 0 Å². The molecule has 0 amide bonds. The highest BCUT2D eigenvalue weighted by Crippen LogP contribution is 2.56. The van der Waals surface area contributed by atoms with Crippen molar-refractivity contribution in [1.29, 1.82) is 0 Å². The van der Waals surface area contributed by atoms with Crippen LogP contribution in [0.2, 0.25) is 0 Å². The predicted octanol–water partition coefficient (Wildman–Crippen LogP) is 13.8. The molecule has 0 radical (unpaired) electrons. The Kier molecular flexibility index (Phi) is 2.53. The van der Waals surface area contributed by atoms with Gasteiger partial charge in [-0.25, -0.2) is 0 Å². The highest BCUT2D eigenvalue weighted by atomic mass is 15.2. The summed E-state index contributed by atoms with van der Waals surface area (Å²) >= 11 is 0. The van der Waals surface area contributed by atoms with Crippen LogP contribution < -0.4 is 9.80 Å². The first kappa shape index (κ1) is 10.3. The third-order valence-corrected chi connectivity index (χ3v) is 7.61. The van der Waals surface area contributed by atoms with Gasteiger partial charge in [0, 0.05) is 30.4 Å². The largest absolute Gasteiger partial charge is 0.308 e. The second-order valence-corrected chi connectivity index (χ2v) is 10.5. The molecule has 9 rings (SSSR count). The van der Waals surface area contributed by atoms with Gasteiger partial charge in [0.1, 0.15) is 0 Å². The van der Waals surface area contributed by atoms with Crippen LogP contribution in [0.3, 0.4) is 0 Å². The van der Waals surface area contributed by atoms with Gasteiger partial charge in [0.2, 0.25) is 0 Å². The monoisotopic (exact) mass is 693 g/mol. The number of para-hydroxylation sites is 2. The van der Waals surface area contributed by atoms with Gasteiger partial charge in [-0.3, -0.25) is 0 Å². The van der Waals surface area contributed by atoms with E-state index >= 15 is 0 Å². The summed E-state index contributed by atoms with van der Waals surface area (Å²) in [5, 5.41) is -2.34. The molecular formula is C49H38N2. The van der Waals surface area contributed by atoms with Crippen molar-refractivity contribution in [3.8, 4) is 22.3 Å². The third-order valence-electron chi connectivity index (χ3n) is 7.61. The van der Waals surface area contributed by atoms with Gasteiger partial charge in [-0.2, -0.15) is 0 Å². The van der Waals surface area contributed by atoms with Crippen LogP contribution in [0, 0.1) is 0 Å². The van der Waals surface area contributed by atoms with Crippen molar-refractivity contribution in [2.75, 3.05) is 9.80 Å². The molecule has 0 atom stereocenters. The molecule has 0 aliphatic carbocycles. The second-order valence-electron chi connectivity index (χ2n) is 10.5. The Morgan fingerprint density at radius 1 is 0.471 bits per heavy atom. The molecule has 0 fully saturated rings. The molecule has 2 heteroatoms. The van der Waals surface area contributed by atoms with E-state index in [1.807, 2.05) is 0 Å². The predicted molar refractivity (Wildman–Crippen MR) is 216 cm³/mol. The van der Waals surface area contributed by atoms with Crippen molar-refractivity contribution in [3.05, 3.63) is 204 Å². The minimum absolute atomic E-state index is 0.122. The van der Waals surface area contributed by atoms with Crippen LogP contribution in [0.1, 0.15) is 76.9 Å². The SMILES string of the molecule is [2H]c1c([2H])c([2H])c(-c2c([2H])c([2H])c(N(c3c([2H])c([2H])c([2H])c([2H])c3[2H])c3c([2H])c([2H])c4c([2H])c([2H])c([2H])c([2H])c4c3N3c4c([2H])c([2H])c([2H])c([2H])c4C(C([2H])([2H])[2H])(C([2H])([2H])[2H])c4c([2H])c(-c5c([2H])c([2H])c([2H])c([2H])c5[2H])c([2H])c([2H])c43)c([2H])c2[2H])c([2H])c1[2H]. The van der Waals surface area contributed by atoms with Gasteiger partial charge in [0.05, 0.1) is 66.6 Å². The summed E-state index contributed by atoms with van der Waals surface area (Å²) in [4.78, 5) is 0.315. The summed E-state index contributed by atoms with van der Waals surface area (Å²) in [6.45, 7) is -8.68. The quantitative estimate of drug-likeness (QED) is 0.171. The molecule has 0 saturated carbocycles. The lowest BCUT2D eigenvalue weighted by molar-refractivity contribution is 0.632. The number of hydrogen-bond acceptors (Lipinski definition) is 2. The van der Waals surface area contributed by atoms with Crippen LogP contribution in [-0.2, 0) is 5.41 Å². The van der Waals surface area contributed by atoms with Crippen molar-refractivity contribution < 1.29 is 52.1 Å². The maximum absolute atomic E-state index is 10.1. The summed E-state index contributed by atoms with van der Waals surface area (Å²) in [5.41, 5.74) is -20.7. The normalized spacial score (nSPS) is 24.0. The fraction of sp³-hybridized carbons (Fsp3) is 0.0612. The van der Waals surface area contributed by atoms with Crippen molar-refractivity contribution in [2.45, 2.75) is 19.1 Å². The molecule has 1 aliphatic heterocycles. The molecule has 8 aromatic rings. The maximum Gasteiger partial charge on any atom is 0.0781 e. The molecule has 2 nitrogen and oxygen atoms in total. The lowest BCUT2D eigenvalue weighted by atomic mass is 9.72. The number of benzene rings is 8. The molecule has 0 spiro atoms. The molecule has 0 bridgehead atoms. The molecule has 0 unspecified atom stereocenters. The molecule has 0 saturated heterocycles. The van der Waals surface area contributed by atoms with E-state index in [1.54, 1.807) is 0 Å². The topological polar surface area (TPSA) is 6.48 Å². The van der Waals surface area contributed by atoms with E-state index in [0.29, 0.717) is 0 Å². The fourth-order valence-corrected chi connectivity index (χ4v) is 5.42. The summed E-state index contributed by atoms with van der Waals surface area (Å²) in [7, 11) is 0. The van der Waals surface area contributed by atoms with Gasteiger partial charge < -0.3 is 9.80 Å². The van der Waals surface area contributed by atoms with E-state index in [2.05, 4.69) is 0 Å². The Balaban J connectivity index is 1.71. The Morgan fingerprint density at radius 3 is 1.75 bits per heavy atom. The first-order chi connectivity index (χ1) is 40.9. The van der Waals surface area contributed by atoms with Crippen LogP contribution in [0.5, 0.6) is 0 Å². The molecule has 0 N–H and O–H groups in total. The number of anilines is 6. The summed E-state index contributed by atoms with van der Waals surface area (Å²) < 4.78 is 348. The van der Waals surface area contributed by atoms with Gasteiger partial charge in [0.15, 0.2) is 0 Å². The zero-order valence-corrected chi connectivity index (χ0v) is 25.4. The number of nitrogens with zero attached hydrogens (tertiary/aromatic N) is 2. The maximum atomic E-state index is 10.1. The molecule has 1 aliphatic rings. The van der Waals surface area contributed by atoms with Gasteiger partial charge in [0.25, 0.3) is 0 Å². The summed E-state index contributed by atoms with van der Waals surface area (Å²) in [6, 6.07) is -42.2. The van der Waals surface area contributed by atoms with Crippen LogP contribution >= 0.6 is 0 Å². The summed E-state index contributed by atoms with van der Waals surface area (Å²) in [5.74, 6) is 0. The van der Waals surface area contributed by atoms with Gasteiger partial charge in [-0.05, 0) is 87.1 Å². The number of hydrogen-bond donors (Lipinski definition) is 0. The lowest BCUT2D eigenvalue weighted by Gasteiger charge is -2.44. The molecule has 244 valence electrons. The zero-order chi connectivity index (χ0) is 67.2. The van der Waals surface area contributed by atoms with Crippen molar-refractivity contribution in [2.24, 2.45) is 0 Å². The van der Waals surface area contributed by atoms with E-state index < -0.39 is 291 Å². The smallest absolute Gasteiger partial charge is 0.0781 e. The average Bonchev–Trinajstić information content (AvgIpc) is 0.662. The Bertz CT molecular complexity index is 4430. The zero-order valence-electron chi connectivity index (χ0n) is 63.4. The van der Waals surface area contributed by atoms with Gasteiger partial charge in [-0.15, -0.1) is 0 Å². The van der Waals surface area contributed by atoms with Crippen molar-refractivity contribution >= 4 is 44.9 Å². The van der Waals surface area contributed by atoms with Crippen molar-refractivity contribution in [1.82, 2.24) is 0 Å². The third kappa shape index (κ3) is 5.28. The van der Waals surface area contributed by atoms with E-state index in [-0.39, 0.29) is 9.80 Å². The Hall–Kier alpha value is -6.38. The highest BCUT2D eigenvalue weighted by molar-refractivity contribution is 6.08. The van der Waals surface area contributed by atoms with Crippen LogP contribution in [0.4, 0.5) is 34.1 Å². The lowest BCUT2D eigenvalue weighted by Crippen LogP contribution is -2.31. The van der Waals surface area contributed by atoms with Crippen LogP contribution in [-0.4, -0.2) is 0 Å². The summed E-state index contributed by atoms with van der Waals surface area (Å²) in [6.07, 6.45) is 0. The van der Waals surface area contributed by atoms with E-state index in [4.69, 9.17) is 23.3 Å². The molecule has 8 aromatic carbocycles. The Morgan fingerprint density at radius 2 is 1.02 bits per heavy atom. The minimum Gasteiger partial charge on any atom is -0.308 e. The highest BCUT2D eigenvalue weighted by Gasteiger charge is 2.38. The van der Waals surface area contributed by atoms with Crippen LogP contribution in [0.25, 0.3) is 33.0 Å². The minimum atomic E-state index is -4.34. The van der Waals surface area contributed by atoms with Crippen LogP contribution in [0.15, 0.2) is 193 Å². The molecule has 51 heavy (non-hydrogen) atoms. The average molecular weight is 693 g/mol. The standard InChI is InChI=1S/C49H38N2/c1-49(2)43-24-14-15-25-45(43)51(46-32-29-39(34-44(46)49)36-18-8-4-9-19-36)48-42-23-13-12-20-38(42)28-33-47(48)50(40-21-10-5-11-22-40)41-30-26-37(27-31-41)35-16-6-3-7-17-35/h3-34H,1-2H3/i1D3,2D3,3D,4D,5D,6D,7D,8D,9D,10D,11D,12D,13D,14D,15D,16D,17D,18D,19D,20D,21D,22D,23D,24D,25D,26D,27D,28D,29D,30D,31D,32D,33D,34D. The number of rotatable bonds is 6. The first-order valence-corrected chi connectivity index (χ1v) is 14.6. The van der Waals surface area contributed by atoms with Gasteiger partial charge >= 0.3 is 0 Å². The van der Waals surface area contributed by atoms with Gasteiger partial charge in [-0.1, -0.05) is 159 Å². The molecule has 0 aromatic heterocycles. The second kappa shape index (κ2) is 12.5. The molecule has 1 heterocycles.